The molecule has 0 aromatic heterocycles. The largest absolute Gasteiger partial charge is 0.434 e. The predicted molar refractivity (Wildman–Crippen MR) is 111 cm³/mol. The highest BCUT2D eigenvalue weighted by atomic mass is 16.8. The Labute approximate surface area is 203 Å². The summed E-state index contributed by atoms with van der Waals surface area (Å²) in [4.78, 5) is 0. The minimum Gasteiger partial charge on any atom is -0.434 e. The molecule has 12 unspecified atom stereocenters. The summed E-state index contributed by atoms with van der Waals surface area (Å²) in [6.07, 6.45) is -14.6. The van der Waals surface area contributed by atoms with Crippen LogP contribution in [0.15, 0.2) is 35.5 Å². The monoisotopic (exact) mass is 522 g/mol. The summed E-state index contributed by atoms with van der Waals surface area (Å²) in [5.74, 6) is -0.469. The molecule has 10 N–H and O–H groups in total. The Morgan fingerprint density at radius 3 is 1.86 bits per heavy atom. The predicted octanol–water partition coefficient (Wildman–Crippen LogP) is -5.59. The molecule has 2 saturated heterocycles. The molecule has 0 aromatic carbocycles. The van der Waals surface area contributed by atoms with Crippen molar-refractivity contribution in [1.82, 2.24) is 0 Å². The van der Waals surface area contributed by atoms with Gasteiger partial charge in [-0.2, -0.15) is 0 Å². The van der Waals surface area contributed by atoms with Gasteiger partial charge in [-0.15, -0.1) is 0 Å². The standard InChI is InChI=1S/C21H30O15/c22-4-7-3-10(25)21(36-20-17(31)15(29)13(27)9(6-24)34-20)1-2-32-18(11(7)21)35-19-16(30)14(28)12(26)8(5-23)33-19/h1-3,8-10,12-17,19-20,22-31H,4-6H2. The van der Waals surface area contributed by atoms with Gasteiger partial charge in [0.05, 0.1) is 31.7 Å². The van der Waals surface area contributed by atoms with Gasteiger partial charge in [0.1, 0.15) is 54.9 Å². The van der Waals surface area contributed by atoms with Crippen LogP contribution in [-0.2, 0) is 23.7 Å². The van der Waals surface area contributed by atoms with E-state index < -0.39 is 98.9 Å². The van der Waals surface area contributed by atoms with Crippen molar-refractivity contribution in [3.8, 4) is 0 Å². The summed E-state index contributed by atoms with van der Waals surface area (Å²) >= 11 is 0. The maximum Gasteiger partial charge on any atom is 0.293 e. The second-order valence-corrected chi connectivity index (χ2v) is 8.80. The van der Waals surface area contributed by atoms with Crippen LogP contribution in [-0.4, -0.2) is 144 Å². The van der Waals surface area contributed by atoms with E-state index in [0.717, 1.165) is 6.26 Å². The average molecular weight is 522 g/mol. The highest BCUT2D eigenvalue weighted by Gasteiger charge is 2.56. The second-order valence-electron chi connectivity index (χ2n) is 8.80. The minimum absolute atomic E-state index is 0.0380. The fourth-order valence-electron chi connectivity index (χ4n) is 4.54. The van der Waals surface area contributed by atoms with Crippen LogP contribution in [0.3, 0.4) is 0 Å². The van der Waals surface area contributed by atoms with E-state index in [1.54, 1.807) is 0 Å². The molecule has 1 aliphatic carbocycles. The molecule has 204 valence electrons. The van der Waals surface area contributed by atoms with Crippen molar-refractivity contribution in [1.29, 1.82) is 0 Å². The topological polar surface area (TPSA) is 248 Å². The van der Waals surface area contributed by atoms with Crippen molar-refractivity contribution in [2.24, 2.45) is 0 Å². The number of hydrogen-bond acceptors (Lipinski definition) is 15. The lowest BCUT2D eigenvalue weighted by Gasteiger charge is -2.45. The maximum absolute atomic E-state index is 10.9. The van der Waals surface area contributed by atoms with Gasteiger partial charge < -0.3 is 74.7 Å². The highest BCUT2D eigenvalue weighted by Crippen LogP contribution is 2.46. The van der Waals surface area contributed by atoms with Crippen molar-refractivity contribution in [3.63, 3.8) is 0 Å². The van der Waals surface area contributed by atoms with E-state index in [0.29, 0.717) is 0 Å². The van der Waals surface area contributed by atoms with Crippen LogP contribution in [0.2, 0.25) is 0 Å². The van der Waals surface area contributed by atoms with E-state index in [4.69, 9.17) is 23.7 Å². The molecule has 4 rings (SSSR count). The van der Waals surface area contributed by atoms with E-state index in [1.807, 2.05) is 0 Å². The van der Waals surface area contributed by atoms with Crippen LogP contribution in [0.25, 0.3) is 0 Å². The van der Waals surface area contributed by atoms with Gasteiger partial charge >= 0.3 is 0 Å². The Balaban J connectivity index is 1.67. The number of fused-ring (bicyclic) bond motifs is 1. The van der Waals surface area contributed by atoms with Crippen LogP contribution in [0.1, 0.15) is 0 Å². The molecule has 0 amide bonds. The summed E-state index contributed by atoms with van der Waals surface area (Å²) in [6, 6.07) is 0. The fraction of sp³-hybridized carbons (Fsp3) is 0.714. The van der Waals surface area contributed by atoms with Crippen molar-refractivity contribution < 1.29 is 74.7 Å². The van der Waals surface area contributed by atoms with Crippen molar-refractivity contribution in [2.45, 2.75) is 73.1 Å². The zero-order valence-electron chi connectivity index (χ0n) is 18.7. The van der Waals surface area contributed by atoms with Crippen molar-refractivity contribution in [2.75, 3.05) is 19.8 Å². The molecule has 15 nitrogen and oxygen atoms in total. The number of aliphatic hydroxyl groups excluding tert-OH is 10. The van der Waals surface area contributed by atoms with Gasteiger partial charge in [0.25, 0.3) is 5.95 Å². The molecule has 36 heavy (non-hydrogen) atoms. The second kappa shape index (κ2) is 10.6. The zero-order valence-corrected chi connectivity index (χ0v) is 18.7. The third-order valence-corrected chi connectivity index (χ3v) is 6.61. The van der Waals surface area contributed by atoms with E-state index in [2.05, 4.69) is 0 Å². The molecular formula is C21H30O15. The summed E-state index contributed by atoms with van der Waals surface area (Å²) < 4.78 is 27.6. The van der Waals surface area contributed by atoms with Crippen molar-refractivity contribution >= 4 is 0 Å². The van der Waals surface area contributed by atoms with Crippen LogP contribution in [0.5, 0.6) is 0 Å². The van der Waals surface area contributed by atoms with Gasteiger partial charge in [-0.25, -0.2) is 0 Å². The van der Waals surface area contributed by atoms with E-state index in [9.17, 15) is 51.1 Å². The Morgan fingerprint density at radius 2 is 1.31 bits per heavy atom. The van der Waals surface area contributed by atoms with Gasteiger partial charge in [-0.3, -0.25) is 0 Å². The van der Waals surface area contributed by atoms with Gasteiger partial charge in [0.15, 0.2) is 11.9 Å². The molecule has 0 bridgehead atoms. The summed E-state index contributed by atoms with van der Waals surface area (Å²) in [5, 5.41) is 101. The van der Waals surface area contributed by atoms with Gasteiger partial charge in [-0.05, 0) is 17.7 Å². The molecule has 3 heterocycles. The lowest BCUT2D eigenvalue weighted by Crippen LogP contribution is -2.62. The quantitative estimate of drug-likeness (QED) is 0.150. The molecule has 0 saturated carbocycles. The molecule has 3 aliphatic heterocycles. The molecule has 12 atom stereocenters. The Hall–Kier alpha value is -1.70. The first kappa shape index (κ1) is 27.3. The molecular weight excluding hydrogens is 492 g/mol. The Morgan fingerprint density at radius 1 is 0.750 bits per heavy atom. The van der Waals surface area contributed by atoms with Gasteiger partial charge in [0.2, 0.25) is 6.29 Å². The molecule has 0 spiro atoms. The van der Waals surface area contributed by atoms with Crippen LogP contribution >= 0.6 is 0 Å². The molecule has 0 aromatic rings. The summed E-state index contributed by atoms with van der Waals surface area (Å²) in [5.41, 5.74) is -2.04. The third-order valence-electron chi connectivity index (χ3n) is 6.61. The third kappa shape index (κ3) is 4.45. The van der Waals surface area contributed by atoms with Crippen molar-refractivity contribution in [3.05, 3.63) is 35.5 Å². The molecule has 2 fully saturated rings. The van der Waals surface area contributed by atoms with E-state index >= 15 is 0 Å². The lowest BCUT2D eigenvalue weighted by molar-refractivity contribution is -0.323. The van der Waals surface area contributed by atoms with E-state index in [1.165, 1.54) is 12.2 Å². The van der Waals surface area contributed by atoms with Gasteiger partial charge in [-0.1, -0.05) is 0 Å². The Bertz CT molecular complexity index is 887. The molecule has 4 aliphatic rings. The fourth-order valence-corrected chi connectivity index (χ4v) is 4.54. The lowest BCUT2D eigenvalue weighted by atomic mass is 9.89. The SMILES string of the molecule is OCC1=CC(O)C2(OC3OC(CO)C(O)C(O)C3O)C=COC(OC3OC(CO)C(O)C(O)C3O)=C12. The number of ether oxygens (including phenoxy) is 5. The minimum atomic E-state index is -1.95. The zero-order chi connectivity index (χ0) is 26.4. The normalized spacial score (nSPS) is 46.8. The molecule has 0 radical (unpaired) electrons. The van der Waals surface area contributed by atoms with Crippen LogP contribution in [0.4, 0.5) is 0 Å². The van der Waals surface area contributed by atoms with Crippen LogP contribution < -0.4 is 0 Å². The van der Waals surface area contributed by atoms with E-state index in [-0.39, 0.29) is 11.1 Å². The van der Waals surface area contributed by atoms with Gasteiger partial charge in [0, 0.05) is 0 Å². The summed E-state index contributed by atoms with van der Waals surface area (Å²) in [7, 11) is 0. The number of hydrogen-bond donors (Lipinski definition) is 10. The molecule has 15 heteroatoms. The summed E-state index contributed by atoms with van der Waals surface area (Å²) in [6.45, 7) is -2.11. The smallest absolute Gasteiger partial charge is 0.293 e. The van der Waals surface area contributed by atoms with Crippen LogP contribution in [0, 0.1) is 0 Å². The highest BCUT2D eigenvalue weighted by molar-refractivity contribution is 5.53. The average Bonchev–Trinajstić information content (AvgIpc) is 3.16. The first-order chi connectivity index (χ1) is 17.1. The first-order valence-corrected chi connectivity index (χ1v) is 11.1. The number of rotatable bonds is 7. The number of aliphatic hydroxyl groups is 10. The first-order valence-electron chi connectivity index (χ1n) is 11.1. The Kier molecular flexibility index (Phi) is 8.04. The maximum atomic E-state index is 10.9.